The third-order valence-corrected chi connectivity index (χ3v) is 6.16. The SMILES string of the molecule is CCOC(=O)c1ccc(N2C(=O)C(=O)/C(=C(/O)c3ccc(Br)cc3)C2c2cccc(OC)c2)cc1. The van der Waals surface area contributed by atoms with Crippen molar-refractivity contribution < 1.29 is 29.0 Å². The molecule has 4 rings (SSSR count). The number of halogens is 1. The van der Waals surface area contributed by atoms with Crippen molar-refractivity contribution in [3.05, 3.63) is 99.5 Å². The van der Waals surface area contributed by atoms with Crippen molar-refractivity contribution in [3.8, 4) is 5.75 Å². The summed E-state index contributed by atoms with van der Waals surface area (Å²) in [5.41, 5.74) is 1.65. The molecule has 0 aromatic heterocycles. The molecule has 3 aromatic rings. The Morgan fingerprint density at radius 3 is 2.29 bits per heavy atom. The van der Waals surface area contributed by atoms with Gasteiger partial charge in [-0.1, -0.05) is 40.2 Å². The number of amides is 1. The van der Waals surface area contributed by atoms with Gasteiger partial charge in [0.05, 0.1) is 30.9 Å². The van der Waals surface area contributed by atoms with Crippen molar-refractivity contribution in [2.45, 2.75) is 13.0 Å². The first-order chi connectivity index (χ1) is 16.8. The molecular formula is C27H22BrNO6. The molecule has 1 heterocycles. The molecular weight excluding hydrogens is 514 g/mol. The van der Waals surface area contributed by atoms with Gasteiger partial charge in [-0.15, -0.1) is 0 Å². The van der Waals surface area contributed by atoms with E-state index in [1.165, 1.54) is 24.1 Å². The highest BCUT2D eigenvalue weighted by Crippen LogP contribution is 2.43. The third-order valence-electron chi connectivity index (χ3n) is 5.63. The fourth-order valence-corrected chi connectivity index (χ4v) is 4.23. The lowest BCUT2D eigenvalue weighted by Gasteiger charge is -2.26. The molecule has 1 N–H and O–H groups in total. The molecule has 8 heteroatoms. The first kappa shape index (κ1) is 24.2. The van der Waals surface area contributed by atoms with Crippen LogP contribution in [0.1, 0.15) is 34.5 Å². The number of ketones is 1. The topological polar surface area (TPSA) is 93.1 Å². The standard InChI is InChI=1S/C27H22BrNO6/c1-3-35-27(33)17-9-13-20(14-10-17)29-23(18-5-4-6-21(15-18)34-2)22(25(31)26(29)32)24(30)16-7-11-19(28)12-8-16/h4-15,23,30H,3H2,1-2H3/b24-22+. The molecule has 1 fully saturated rings. The van der Waals surface area contributed by atoms with Crippen LogP contribution in [-0.2, 0) is 14.3 Å². The molecule has 7 nitrogen and oxygen atoms in total. The van der Waals surface area contributed by atoms with Crippen LogP contribution in [0.4, 0.5) is 5.69 Å². The van der Waals surface area contributed by atoms with Crippen molar-refractivity contribution >= 4 is 45.0 Å². The summed E-state index contributed by atoms with van der Waals surface area (Å²) >= 11 is 3.36. The van der Waals surface area contributed by atoms with Crippen LogP contribution in [0.15, 0.2) is 82.8 Å². The number of hydrogen-bond acceptors (Lipinski definition) is 6. The molecule has 3 aromatic carbocycles. The first-order valence-electron chi connectivity index (χ1n) is 10.8. The number of carbonyl (C=O) groups excluding carboxylic acids is 3. The number of Topliss-reactive ketones (excluding diaryl/α,β-unsaturated/α-hetero) is 1. The maximum Gasteiger partial charge on any atom is 0.338 e. The molecule has 0 spiro atoms. The van der Waals surface area contributed by atoms with Gasteiger partial charge in [0.1, 0.15) is 11.5 Å². The largest absolute Gasteiger partial charge is 0.507 e. The van der Waals surface area contributed by atoms with Crippen LogP contribution in [0.5, 0.6) is 5.75 Å². The van der Waals surface area contributed by atoms with Crippen LogP contribution in [0, 0.1) is 0 Å². The summed E-state index contributed by atoms with van der Waals surface area (Å²) in [4.78, 5) is 39.9. The van der Waals surface area contributed by atoms with Crippen molar-refractivity contribution in [1.82, 2.24) is 0 Å². The van der Waals surface area contributed by atoms with Crippen LogP contribution in [0.2, 0.25) is 0 Å². The maximum absolute atomic E-state index is 13.3. The Morgan fingerprint density at radius 2 is 1.66 bits per heavy atom. The first-order valence-corrected chi connectivity index (χ1v) is 11.6. The van der Waals surface area contributed by atoms with E-state index >= 15 is 0 Å². The van der Waals surface area contributed by atoms with Gasteiger partial charge >= 0.3 is 5.97 Å². The predicted molar refractivity (Wildman–Crippen MR) is 134 cm³/mol. The molecule has 1 aliphatic heterocycles. The Balaban J connectivity index is 1.87. The Morgan fingerprint density at radius 1 is 1.00 bits per heavy atom. The van der Waals surface area contributed by atoms with Gasteiger partial charge in [0, 0.05) is 15.7 Å². The quantitative estimate of drug-likeness (QED) is 0.200. The number of benzene rings is 3. The van der Waals surface area contributed by atoms with Gasteiger partial charge in [0.25, 0.3) is 11.7 Å². The highest BCUT2D eigenvalue weighted by atomic mass is 79.9. The fraction of sp³-hybridized carbons (Fsp3) is 0.148. The molecule has 0 saturated carbocycles. The van der Waals surface area contributed by atoms with E-state index in [0.717, 1.165) is 4.47 Å². The van der Waals surface area contributed by atoms with Gasteiger partial charge in [-0.3, -0.25) is 14.5 Å². The van der Waals surface area contributed by atoms with E-state index in [1.807, 2.05) is 0 Å². The molecule has 0 aliphatic carbocycles. The van der Waals surface area contributed by atoms with Crippen LogP contribution in [-0.4, -0.2) is 36.5 Å². The highest BCUT2D eigenvalue weighted by Gasteiger charge is 2.47. The van der Waals surface area contributed by atoms with Gasteiger partial charge in [-0.05, 0) is 61.0 Å². The Bertz CT molecular complexity index is 1310. The number of aliphatic hydroxyl groups is 1. The fourth-order valence-electron chi connectivity index (χ4n) is 3.96. The summed E-state index contributed by atoms with van der Waals surface area (Å²) in [6.07, 6.45) is 0. The number of aliphatic hydroxyl groups excluding tert-OH is 1. The molecule has 0 radical (unpaired) electrons. The molecule has 35 heavy (non-hydrogen) atoms. The van der Waals surface area contributed by atoms with Crippen molar-refractivity contribution in [3.63, 3.8) is 0 Å². The summed E-state index contributed by atoms with van der Waals surface area (Å²) in [5.74, 6) is -1.84. The van der Waals surface area contributed by atoms with Gasteiger partial charge in [-0.2, -0.15) is 0 Å². The van der Waals surface area contributed by atoms with E-state index in [2.05, 4.69) is 15.9 Å². The van der Waals surface area contributed by atoms with Gasteiger partial charge in [0.15, 0.2) is 0 Å². The van der Waals surface area contributed by atoms with E-state index in [-0.39, 0.29) is 17.9 Å². The summed E-state index contributed by atoms with van der Waals surface area (Å²) in [5, 5.41) is 11.2. The second-order valence-electron chi connectivity index (χ2n) is 7.72. The number of nitrogens with zero attached hydrogens (tertiary/aromatic N) is 1. The van der Waals surface area contributed by atoms with Crippen LogP contribution < -0.4 is 9.64 Å². The average molecular weight is 536 g/mol. The minimum atomic E-state index is -0.915. The lowest BCUT2D eigenvalue weighted by molar-refractivity contribution is -0.132. The summed E-state index contributed by atoms with van der Waals surface area (Å²) in [6.45, 7) is 1.95. The number of anilines is 1. The zero-order chi connectivity index (χ0) is 25.1. The second-order valence-corrected chi connectivity index (χ2v) is 8.64. The second kappa shape index (κ2) is 10.1. The Labute approximate surface area is 210 Å². The smallest absolute Gasteiger partial charge is 0.338 e. The third kappa shape index (κ3) is 4.70. The number of hydrogen-bond donors (Lipinski definition) is 1. The molecule has 178 valence electrons. The predicted octanol–water partition coefficient (Wildman–Crippen LogP) is 5.26. The van der Waals surface area contributed by atoms with E-state index in [9.17, 15) is 19.5 Å². The molecule has 1 atom stereocenters. The molecule has 1 unspecified atom stereocenters. The number of methoxy groups -OCH3 is 1. The van der Waals surface area contributed by atoms with Gasteiger partial charge in [-0.25, -0.2) is 4.79 Å². The van der Waals surface area contributed by atoms with Crippen molar-refractivity contribution in [2.24, 2.45) is 0 Å². The maximum atomic E-state index is 13.3. The average Bonchev–Trinajstić information content (AvgIpc) is 3.14. The minimum absolute atomic E-state index is 0.0416. The zero-order valence-electron chi connectivity index (χ0n) is 19.0. The van der Waals surface area contributed by atoms with E-state index in [4.69, 9.17) is 9.47 Å². The highest BCUT2D eigenvalue weighted by molar-refractivity contribution is 9.10. The lowest BCUT2D eigenvalue weighted by atomic mass is 9.95. The van der Waals surface area contributed by atoms with Crippen LogP contribution in [0.3, 0.4) is 0 Å². The summed E-state index contributed by atoms with van der Waals surface area (Å²) in [6, 6.07) is 19.0. The van der Waals surface area contributed by atoms with E-state index in [1.54, 1.807) is 67.6 Å². The molecule has 1 amide bonds. The summed E-state index contributed by atoms with van der Waals surface area (Å²) < 4.78 is 11.2. The minimum Gasteiger partial charge on any atom is -0.507 e. The molecule has 1 saturated heterocycles. The number of rotatable bonds is 6. The number of esters is 1. The summed E-state index contributed by atoms with van der Waals surface area (Å²) in [7, 11) is 1.52. The Kier molecular flexibility index (Phi) is 7.02. The van der Waals surface area contributed by atoms with Gasteiger partial charge < -0.3 is 14.6 Å². The van der Waals surface area contributed by atoms with Gasteiger partial charge in [0.2, 0.25) is 0 Å². The number of ether oxygens (including phenoxy) is 2. The monoisotopic (exact) mass is 535 g/mol. The van der Waals surface area contributed by atoms with Crippen molar-refractivity contribution in [2.75, 3.05) is 18.6 Å². The van der Waals surface area contributed by atoms with Crippen molar-refractivity contribution in [1.29, 1.82) is 0 Å². The van der Waals surface area contributed by atoms with E-state index in [0.29, 0.717) is 28.1 Å². The molecule has 1 aliphatic rings. The number of carbonyl (C=O) groups is 3. The van der Waals surface area contributed by atoms with Crippen LogP contribution in [0.25, 0.3) is 5.76 Å². The van der Waals surface area contributed by atoms with E-state index < -0.39 is 23.7 Å². The molecule has 0 bridgehead atoms. The lowest BCUT2D eigenvalue weighted by Crippen LogP contribution is -2.29. The normalized spacial score (nSPS) is 16.9. The zero-order valence-corrected chi connectivity index (χ0v) is 20.6. The van der Waals surface area contributed by atoms with Crippen LogP contribution >= 0.6 is 15.9 Å². The Hall–Kier alpha value is -3.91.